The van der Waals surface area contributed by atoms with Crippen molar-refractivity contribution in [2.75, 3.05) is 7.05 Å². The van der Waals surface area contributed by atoms with Gasteiger partial charge in [0.05, 0.1) is 21.9 Å². The molecule has 0 unspecified atom stereocenters. The summed E-state index contributed by atoms with van der Waals surface area (Å²) < 4.78 is 98.5. The van der Waals surface area contributed by atoms with Gasteiger partial charge < -0.3 is 0 Å². The van der Waals surface area contributed by atoms with E-state index in [0.29, 0.717) is 16.9 Å². The molecule has 2 aromatic carbocycles. The molecule has 10 heteroatoms. The number of halogens is 6. The topological polar surface area (TPSA) is 20.3 Å². The lowest BCUT2D eigenvalue weighted by Crippen LogP contribution is -2.40. The van der Waals surface area contributed by atoms with Gasteiger partial charge in [-0.3, -0.25) is 0 Å². The fourth-order valence-corrected chi connectivity index (χ4v) is 11.9. The lowest BCUT2D eigenvalue weighted by atomic mass is 9.94. The van der Waals surface area contributed by atoms with Crippen LogP contribution in [0, 0.1) is 0 Å². The molecular formula is C32H42F6NOPS. The molecule has 0 heterocycles. The van der Waals surface area contributed by atoms with Gasteiger partial charge >= 0.3 is 12.4 Å². The quantitative estimate of drug-likeness (QED) is 0.220. The maximum absolute atomic E-state index is 14.0. The highest BCUT2D eigenvalue weighted by Crippen LogP contribution is 2.56. The molecule has 0 amide bonds. The zero-order chi connectivity index (χ0) is 30.9. The van der Waals surface area contributed by atoms with Crippen LogP contribution >= 0.6 is 7.92 Å². The van der Waals surface area contributed by atoms with Crippen LogP contribution in [0.15, 0.2) is 42.5 Å². The van der Waals surface area contributed by atoms with Crippen LogP contribution in [-0.4, -0.2) is 31.6 Å². The minimum Gasteiger partial charge on any atom is -0.242 e. The van der Waals surface area contributed by atoms with E-state index in [9.17, 15) is 30.6 Å². The number of alkyl halides is 6. The van der Waals surface area contributed by atoms with E-state index in [0.717, 1.165) is 68.8 Å². The predicted octanol–water partition coefficient (Wildman–Crippen LogP) is 9.98. The molecule has 2 atom stereocenters. The zero-order valence-corrected chi connectivity index (χ0v) is 26.5. The minimum absolute atomic E-state index is 0.146. The number of hydrogen-bond donors (Lipinski definition) is 0. The summed E-state index contributed by atoms with van der Waals surface area (Å²) in [5.74, 6) is 0. The normalized spacial score (nSPS) is 19.8. The van der Waals surface area contributed by atoms with Crippen molar-refractivity contribution in [3.63, 3.8) is 0 Å². The van der Waals surface area contributed by atoms with Gasteiger partial charge in [0.15, 0.2) is 0 Å². The molecule has 234 valence electrons. The first-order chi connectivity index (χ1) is 19.6. The maximum Gasteiger partial charge on any atom is 0.416 e. The van der Waals surface area contributed by atoms with Gasteiger partial charge in [-0.25, -0.2) is 8.51 Å². The van der Waals surface area contributed by atoms with Crippen molar-refractivity contribution in [3.05, 3.63) is 64.7 Å². The summed E-state index contributed by atoms with van der Waals surface area (Å²) in [6.07, 6.45) is 1.34. The summed E-state index contributed by atoms with van der Waals surface area (Å²) in [7, 11) is -0.905. The van der Waals surface area contributed by atoms with Gasteiger partial charge in [-0.1, -0.05) is 70.7 Å². The molecule has 2 nitrogen and oxygen atoms in total. The molecule has 2 fully saturated rings. The van der Waals surface area contributed by atoms with Crippen molar-refractivity contribution in [1.29, 1.82) is 0 Å². The largest absolute Gasteiger partial charge is 0.416 e. The molecule has 2 saturated carbocycles. The lowest BCUT2D eigenvalue weighted by molar-refractivity contribution is -0.143. The predicted molar refractivity (Wildman–Crippen MR) is 161 cm³/mol. The second-order valence-corrected chi connectivity index (χ2v) is 17.8. The Bertz CT molecular complexity index is 1180. The van der Waals surface area contributed by atoms with E-state index >= 15 is 0 Å². The first kappa shape index (κ1) is 33.5. The molecule has 0 bridgehead atoms. The third-order valence-electron chi connectivity index (χ3n) is 8.52. The molecule has 4 rings (SSSR count). The molecule has 0 radical (unpaired) electrons. The van der Waals surface area contributed by atoms with E-state index in [1.807, 2.05) is 18.2 Å². The van der Waals surface area contributed by atoms with Gasteiger partial charge in [-0.05, 0) is 92.4 Å². The summed E-state index contributed by atoms with van der Waals surface area (Å²) in [5.41, 5.74) is -1.26. The van der Waals surface area contributed by atoms with Gasteiger partial charge in [-0.2, -0.15) is 26.3 Å². The Kier molecular flexibility index (Phi) is 10.6. The maximum atomic E-state index is 14.0. The Morgan fingerprint density at radius 1 is 0.762 bits per heavy atom. The Morgan fingerprint density at radius 2 is 1.21 bits per heavy atom. The third kappa shape index (κ3) is 7.79. The van der Waals surface area contributed by atoms with E-state index < -0.39 is 53.2 Å². The average Bonchev–Trinajstić information content (AvgIpc) is 2.93. The average molecular weight is 634 g/mol. The van der Waals surface area contributed by atoms with E-state index in [-0.39, 0.29) is 11.6 Å². The van der Waals surface area contributed by atoms with Crippen LogP contribution in [0.5, 0.6) is 0 Å². The highest BCUT2D eigenvalue weighted by atomic mass is 32.2. The second kappa shape index (κ2) is 13.3. The summed E-state index contributed by atoms with van der Waals surface area (Å²) in [6, 6.07) is 8.37. The lowest BCUT2D eigenvalue weighted by Gasteiger charge is -2.41. The van der Waals surface area contributed by atoms with E-state index in [1.54, 1.807) is 33.9 Å². The van der Waals surface area contributed by atoms with Gasteiger partial charge in [0.2, 0.25) is 0 Å². The van der Waals surface area contributed by atoms with Gasteiger partial charge in [-0.15, -0.1) is 0 Å². The second-order valence-electron chi connectivity index (χ2n) is 12.7. The van der Waals surface area contributed by atoms with Crippen molar-refractivity contribution in [2.45, 2.75) is 119 Å². The molecule has 0 aromatic heterocycles. The summed E-state index contributed by atoms with van der Waals surface area (Å²) in [6.45, 7) is 5.27. The van der Waals surface area contributed by atoms with Crippen LogP contribution in [0.3, 0.4) is 0 Å². The summed E-state index contributed by atoms with van der Waals surface area (Å²) >= 11 is 0. The third-order valence-corrected chi connectivity index (χ3v) is 13.9. The number of benzene rings is 2. The molecular weight excluding hydrogens is 591 g/mol. The summed E-state index contributed by atoms with van der Waals surface area (Å²) in [4.78, 5) is 0. The van der Waals surface area contributed by atoms with Crippen molar-refractivity contribution < 1.29 is 30.6 Å². The molecule has 2 aliphatic rings. The van der Waals surface area contributed by atoms with Crippen molar-refractivity contribution >= 4 is 24.2 Å². The van der Waals surface area contributed by atoms with Crippen molar-refractivity contribution in [1.82, 2.24) is 4.31 Å². The van der Waals surface area contributed by atoms with Crippen LogP contribution in [-0.2, 0) is 23.3 Å². The Balaban J connectivity index is 1.97. The van der Waals surface area contributed by atoms with Crippen LogP contribution in [0.4, 0.5) is 26.3 Å². The zero-order valence-electron chi connectivity index (χ0n) is 24.8. The van der Waals surface area contributed by atoms with E-state index in [4.69, 9.17) is 0 Å². The molecule has 2 aromatic rings. The van der Waals surface area contributed by atoms with Crippen molar-refractivity contribution in [2.24, 2.45) is 0 Å². The number of hydrogen-bond acceptors (Lipinski definition) is 1. The molecule has 2 aliphatic carbocycles. The molecule has 0 saturated heterocycles. The fraction of sp³-hybridized carbons (Fsp3) is 0.625. The molecule has 0 spiro atoms. The Morgan fingerprint density at radius 3 is 1.64 bits per heavy atom. The van der Waals surface area contributed by atoms with Gasteiger partial charge in [0.1, 0.15) is 11.0 Å². The Hall–Kier alpha value is -1.44. The fourth-order valence-electron chi connectivity index (χ4n) is 6.61. The number of rotatable bonds is 7. The molecule has 42 heavy (non-hydrogen) atoms. The number of nitrogens with zero attached hydrogens (tertiary/aromatic N) is 1. The van der Waals surface area contributed by atoms with Gasteiger partial charge in [0.25, 0.3) is 0 Å². The summed E-state index contributed by atoms with van der Waals surface area (Å²) in [5, 5.41) is 1.04. The monoisotopic (exact) mass is 633 g/mol. The smallest absolute Gasteiger partial charge is 0.242 e. The van der Waals surface area contributed by atoms with E-state index in [2.05, 4.69) is 0 Å². The van der Waals surface area contributed by atoms with Crippen LogP contribution < -0.4 is 5.30 Å². The highest BCUT2D eigenvalue weighted by Gasteiger charge is 2.41. The highest BCUT2D eigenvalue weighted by molar-refractivity contribution is 7.84. The molecule has 0 N–H and O–H groups in total. The van der Waals surface area contributed by atoms with Gasteiger partial charge in [0, 0.05) is 7.05 Å². The SMILES string of the molecule is CN([C@H](c1cc(C(F)(F)F)cc(C(F)(F)F)c1)c1ccccc1P(C1CCCCC1)C1CCCCC1)[S@@](=O)C(C)(C)C. The van der Waals surface area contributed by atoms with Crippen molar-refractivity contribution in [3.8, 4) is 0 Å². The van der Waals surface area contributed by atoms with Crippen LogP contribution in [0.2, 0.25) is 0 Å². The standard InChI is InChI=1S/C32H42F6NOPS/c1-30(2,3)42(40)39(4)29(22-19-23(31(33,34)35)21-24(20-22)32(36,37)38)27-17-11-12-18-28(27)41(25-13-7-5-8-14-25)26-15-9-6-10-16-26/h11-12,17-21,25-26,29H,5-10,13-16H2,1-4H3/t29-,42+/m1/s1. The minimum atomic E-state index is -4.97. The van der Waals surface area contributed by atoms with E-state index in [1.165, 1.54) is 17.1 Å². The first-order valence-corrected chi connectivity index (χ1v) is 17.5. The Labute approximate surface area is 250 Å². The van der Waals surface area contributed by atoms with Crippen LogP contribution in [0.25, 0.3) is 0 Å². The first-order valence-electron chi connectivity index (χ1n) is 14.9. The van der Waals surface area contributed by atoms with Crippen LogP contribution in [0.1, 0.15) is 113 Å². The molecule has 0 aliphatic heterocycles.